The van der Waals surface area contributed by atoms with E-state index in [9.17, 15) is 8.42 Å². The lowest BCUT2D eigenvalue weighted by molar-refractivity contribution is 0.0220. The Kier molecular flexibility index (Phi) is 4.91. The molecule has 0 amide bonds. The Morgan fingerprint density at radius 3 is 2.88 bits per heavy atom. The summed E-state index contributed by atoms with van der Waals surface area (Å²) in [7, 11) is -3.12. The molecule has 2 fully saturated rings. The van der Waals surface area contributed by atoms with Gasteiger partial charge in [-0.05, 0) is 49.1 Å². The molecular formula is C20H30N2O2S. The number of fused-ring (bicyclic) bond motifs is 4. The summed E-state index contributed by atoms with van der Waals surface area (Å²) in [6, 6.07) is 9.35. The molecule has 0 bridgehead atoms. The largest absolute Gasteiger partial charge is 0.296 e. The summed E-state index contributed by atoms with van der Waals surface area (Å²) in [4.78, 5) is 2.62. The Bertz CT molecular complexity index is 718. The zero-order valence-electron chi connectivity index (χ0n) is 15.2. The molecule has 1 aromatic carbocycles. The number of benzene rings is 1. The van der Waals surface area contributed by atoms with Crippen molar-refractivity contribution in [2.45, 2.75) is 57.5 Å². The average Bonchev–Trinajstić information content (AvgIpc) is 2.64. The van der Waals surface area contributed by atoms with Gasteiger partial charge < -0.3 is 0 Å². The highest BCUT2D eigenvalue weighted by atomic mass is 32.2. The van der Waals surface area contributed by atoms with E-state index in [4.69, 9.17) is 0 Å². The number of hydrogen-bond donors (Lipinski definition) is 0. The van der Waals surface area contributed by atoms with Crippen LogP contribution in [0.15, 0.2) is 24.3 Å². The summed E-state index contributed by atoms with van der Waals surface area (Å²) < 4.78 is 27.7. The molecular weight excluding hydrogens is 332 g/mol. The van der Waals surface area contributed by atoms with Crippen LogP contribution in [0.25, 0.3) is 0 Å². The normalized spacial score (nSPS) is 30.4. The van der Waals surface area contributed by atoms with E-state index < -0.39 is 10.0 Å². The van der Waals surface area contributed by atoms with Crippen molar-refractivity contribution in [3.05, 3.63) is 35.4 Å². The van der Waals surface area contributed by atoms with Crippen LogP contribution in [0.3, 0.4) is 0 Å². The maximum absolute atomic E-state index is 12.9. The zero-order valence-corrected chi connectivity index (χ0v) is 16.0. The fraction of sp³-hybridized carbons (Fsp3) is 0.700. The van der Waals surface area contributed by atoms with Gasteiger partial charge in [-0.2, -0.15) is 4.31 Å². The minimum absolute atomic E-state index is 0.197. The molecule has 138 valence electrons. The molecule has 0 aromatic heterocycles. The van der Waals surface area contributed by atoms with E-state index in [2.05, 4.69) is 36.1 Å². The van der Waals surface area contributed by atoms with Crippen LogP contribution in [-0.2, 0) is 16.4 Å². The molecule has 3 heterocycles. The number of piperidine rings is 2. The van der Waals surface area contributed by atoms with E-state index in [-0.39, 0.29) is 6.04 Å². The lowest BCUT2D eigenvalue weighted by Crippen LogP contribution is -2.57. The highest BCUT2D eigenvalue weighted by Crippen LogP contribution is 2.43. The minimum Gasteiger partial charge on any atom is -0.296 e. The van der Waals surface area contributed by atoms with Crippen molar-refractivity contribution >= 4 is 10.0 Å². The maximum atomic E-state index is 12.9. The van der Waals surface area contributed by atoms with Crippen LogP contribution in [-0.4, -0.2) is 49.1 Å². The number of hydrogen-bond acceptors (Lipinski definition) is 3. The van der Waals surface area contributed by atoms with Crippen LogP contribution >= 0.6 is 0 Å². The number of sulfonamides is 1. The van der Waals surface area contributed by atoms with Crippen molar-refractivity contribution in [2.75, 3.05) is 25.4 Å². The Morgan fingerprint density at radius 2 is 2.04 bits per heavy atom. The Labute approximate surface area is 152 Å². The second kappa shape index (κ2) is 7.01. The zero-order chi connectivity index (χ0) is 17.4. The second-order valence-corrected chi connectivity index (χ2v) is 9.99. The number of nitrogens with zero attached hydrogens (tertiary/aromatic N) is 2. The van der Waals surface area contributed by atoms with Crippen molar-refractivity contribution in [1.29, 1.82) is 0 Å². The van der Waals surface area contributed by atoms with Crippen molar-refractivity contribution in [3.8, 4) is 0 Å². The van der Waals surface area contributed by atoms with Crippen LogP contribution < -0.4 is 0 Å². The number of unbranched alkanes of at least 4 members (excludes halogenated alkanes) is 1. The molecule has 0 radical (unpaired) electrons. The first-order valence-electron chi connectivity index (χ1n) is 9.91. The Balaban J connectivity index is 1.60. The van der Waals surface area contributed by atoms with Gasteiger partial charge in [0.15, 0.2) is 0 Å². The molecule has 25 heavy (non-hydrogen) atoms. The second-order valence-electron chi connectivity index (χ2n) is 7.95. The lowest BCUT2D eigenvalue weighted by Gasteiger charge is -2.51. The number of rotatable bonds is 4. The van der Waals surface area contributed by atoms with Gasteiger partial charge in [0.05, 0.1) is 5.75 Å². The molecule has 0 N–H and O–H groups in total. The molecule has 3 atom stereocenters. The summed E-state index contributed by atoms with van der Waals surface area (Å²) in [5.74, 6) is 0.823. The summed E-state index contributed by atoms with van der Waals surface area (Å²) in [6.45, 7) is 4.96. The smallest absolute Gasteiger partial charge is 0.214 e. The van der Waals surface area contributed by atoms with Gasteiger partial charge in [0, 0.05) is 31.7 Å². The van der Waals surface area contributed by atoms with E-state index in [0.717, 1.165) is 51.7 Å². The summed E-state index contributed by atoms with van der Waals surface area (Å²) in [5, 5.41) is 0. The standard InChI is InChI=1S/C20H30N2O2S/c1-2-3-13-25(23,24)22-11-6-8-17-15-21-12-10-16-7-4-5-9-18(16)20(21)14-19(17)22/h4-5,7,9,17,19-20H,2-3,6,8,10-15H2,1H3/t17-,19+,20-/m0/s1. The first kappa shape index (κ1) is 17.5. The average molecular weight is 363 g/mol. The first-order chi connectivity index (χ1) is 12.1. The van der Waals surface area contributed by atoms with E-state index in [0.29, 0.717) is 17.7 Å². The monoisotopic (exact) mass is 362 g/mol. The quantitative estimate of drug-likeness (QED) is 0.826. The summed E-state index contributed by atoms with van der Waals surface area (Å²) in [5.41, 5.74) is 2.89. The Hall–Kier alpha value is -0.910. The van der Waals surface area contributed by atoms with Gasteiger partial charge in [-0.3, -0.25) is 4.90 Å². The van der Waals surface area contributed by atoms with Crippen molar-refractivity contribution in [1.82, 2.24) is 9.21 Å². The molecule has 4 rings (SSSR count). The van der Waals surface area contributed by atoms with Gasteiger partial charge in [-0.25, -0.2) is 8.42 Å². The minimum atomic E-state index is -3.12. The van der Waals surface area contributed by atoms with E-state index in [1.165, 1.54) is 17.5 Å². The van der Waals surface area contributed by atoms with Gasteiger partial charge >= 0.3 is 0 Å². The SMILES string of the molecule is CCCCS(=O)(=O)N1CCC[C@H]2CN3CCc4ccccc4[C@@H]3C[C@H]21. The maximum Gasteiger partial charge on any atom is 0.214 e. The van der Waals surface area contributed by atoms with Gasteiger partial charge in [0.25, 0.3) is 0 Å². The predicted octanol–water partition coefficient (Wildman–Crippen LogP) is 3.20. The predicted molar refractivity (Wildman–Crippen MR) is 101 cm³/mol. The van der Waals surface area contributed by atoms with Crippen LogP contribution in [0.4, 0.5) is 0 Å². The molecule has 2 saturated heterocycles. The molecule has 4 nitrogen and oxygen atoms in total. The van der Waals surface area contributed by atoms with Crippen LogP contribution in [0.1, 0.15) is 56.2 Å². The van der Waals surface area contributed by atoms with Crippen molar-refractivity contribution in [2.24, 2.45) is 5.92 Å². The molecule has 0 saturated carbocycles. The molecule has 0 aliphatic carbocycles. The molecule has 3 aliphatic rings. The van der Waals surface area contributed by atoms with Gasteiger partial charge in [0.2, 0.25) is 10.0 Å². The third-order valence-electron chi connectivity index (χ3n) is 6.44. The fourth-order valence-corrected chi connectivity index (χ4v) is 7.11. The summed E-state index contributed by atoms with van der Waals surface area (Å²) >= 11 is 0. The first-order valence-corrected chi connectivity index (χ1v) is 11.5. The van der Waals surface area contributed by atoms with Crippen LogP contribution in [0.2, 0.25) is 0 Å². The third-order valence-corrected chi connectivity index (χ3v) is 8.41. The van der Waals surface area contributed by atoms with Gasteiger partial charge in [-0.15, -0.1) is 0 Å². The third kappa shape index (κ3) is 3.26. The molecule has 5 heteroatoms. The van der Waals surface area contributed by atoms with E-state index in [1.807, 2.05) is 4.31 Å². The molecule has 3 aliphatic heterocycles. The van der Waals surface area contributed by atoms with Crippen molar-refractivity contribution in [3.63, 3.8) is 0 Å². The fourth-order valence-electron chi connectivity index (χ4n) is 5.14. The summed E-state index contributed by atoms with van der Waals surface area (Å²) in [6.07, 6.45) is 5.99. The van der Waals surface area contributed by atoms with Gasteiger partial charge in [-0.1, -0.05) is 37.6 Å². The van der Waals surface area contributed by atoms with Gasteiger partial charge in [0.1, 0.15) is 0 Å². The van der Waals surface area contributed by atoms with Crippen LogP contribution in [0.5, 0.6) is 0 Å². The topological polar surface area (TPSA) is 40.6 Å². The molecule has 0 spiro atoms. The highest BCUT2D eigenvalue weighted by Gasteiger charge is 2.45. The van der Waals surface area contributed by atoms with Crippen LogP contribution in [0, 0.1) is 5.92 Å². The Morgan fingerprint density at radius 1 is 1.20 bits per heavy atom. The molecule has 1 aromatic rings. The van der Waals surface area contributed by atoms with E-state index >= 15 is 0 Å². The van der Waals surface area contributed by atoms with Crippen molar-refractivity contribution < 1.29 is 8.42 Å². The highest BCUT2D eigenvalue weighted by molar-refractivity contribution is 7.89. The van der Waals surface area contributed by atoms with E-state index in [1.54, 1.807) is 0 Å². The molecule has 0 unspecified atom stereocenters. The lowest BCUT2D eigenvalue weighted by atomic mass is 9.77.